The molecule has 2 heteroatoms. The van der Waals surface area contributed by atoms with Crippen LogP contribution in [0.4, 0.5) is 0 Å². The average Bonchev–Trinajstić information content (AvgIpc) is 2.34. The van der Waals surface area contributed by atoms with Crippen LogP contribution in [0, 0.1) is 6.92 Å². The fourth-order valence-electron chi connectivity index (χ4n) is 1.79. The van der Waals surface area contributed by atoms with Gasteiger partial charge in [0.25, 0.3) is 0 Å². The van der Waals surface area contributed by atoms with Gasteiger partial charge in [-0.3, -0.25) is 0 Å². The fourth-order valence-corrected chi connectivity index (χ4v) is 1.79. The SMILES string of the molecule is [CH2]C(CO)c1cccc(OCCC)c1CC. The Bertz CT molecular complexity index is 321. The Kier molecular flexibility index (Phi) is 5.33. The van der Waals surface area contributed by atoms with Gasteiger partial charge in [-0.1, -0.05) is 26.0 Å². The number of hydrogen-bond acceptors (Lipinski definition) is 2. The van der Waals surface area contributed by atoms with E-state index < -0.39 is 0 Å². The molecule has 0 aromatic heterocycles. The summed E-state index contributed by atoms with van der Waals surface area (Å²) in [4.78, 5) is 0. The fraction of sp³-hybridized carbons (Fsp3) is 0.500. The lowest BCUT2D eigenvalue weighted by molar-refractivity contribution is 0.280. The molecule has 0 spiro atoms. The van der Waals surface area contributed by atoms with Gasteiger partial charge in [0.2, 0.25) is 0 Å². The van der Waals surface area contributed by atoms with Crippen molar-refractivity contribution in [2.24, 2.45) is 0 Å². The van der Waals surface area contributed by atoms with Gasteiger partial charge in [0.05, 0.1) is 6.61 Å². The maximum absolute atomic E-state index is 9.17. The number of aliphatic hydroxyl groups excluding tert-OH is 1. The zero-order chi connectivity index (χ0) is 12.0. The molecule has 1 rings (SSSR count). The van der Waals surface area contributed by atoms with E-state index in [-0.39, 0.29) is 12.5 Å². The van der Waals surface area contributed by atoms with Crippen LogP contribution in [0.15, 0.2) is 18.2 Å². The summed E-state index contributed by atoms with van der Waals surface area (Å²) in [6.07, 6.45) is 1.91. The quantitative estimate of drug-likeness (QED) is 0.800. The number of benzene rings is 1. The molecular formula is C14H21O2. The first-order valence-corrected chi connectivity index (χ1v) is 5.93. The summed E-state index contributed by atoms with van der Waals surface area (Å²) < 4.78 is 5.70. The first-order valence-electron chi connectivity index (χ1n) is 5.93. The maximum atomic E-state index is 9.17. The highest BCUT2D eigenvalue weighted by molar-refractivity contribution is 5.42. The van der Waals surface area contributed by atoms with Crippen LogP contribution >= 0.6 is 0 Å². The molecule has 0 aliphatic carbocycles. The Labute approximate surface area is 98.3 Å². The van der Waals surface area contributed by atoms with E-state index in [0.717, 1.165) is 30.8 Å². The van der Waals surface area contributed by atoms with Crippen molar-refractivity contribution in [2.75, 3.05) is 13.2 Å². The van der Waals surface area contributed by atoms with Crippen LogP contribution in [0.5, 0.6) is 5.75 Å². The van der Waals surface area contributed by atoms with E-state index in [1.807, 2.05) is 18.2 Å². The van der Waals surface area contributed by atoms with E-state index in [9.17, 15) is 5.11 Å². The highest BCUT2D eigenvalue weighted by Gasteiger charge is 2.12. The molecule has 0 saturated heterocycles. The largest absolute Gasteiger partial charge is 0.493 e. The van der Waals surface area contributed by atoms with Crippen molar-refractivity contribution < 1.29 is 9.84 Å². The van der Waals surface area contributed by atoms with Gasteiger partial charge in [-0.25, -0.2) is 0 Å². The van der Waals surface area contributed by atoms with Gasteiger partial charge in [0.1, 0.15) is 5.75 Å². The Balaban J connectivity index is 3.00. The third-order valence-electron chi connectivity index (χ3n) is 2.64. The van der Waals surface area contributed by atoms with Crippen molar-refractivity contribution in [3.05, 3.63) is 36.2 Å². The number of aliphatic hydroxyl groups is 1. The molecule has 2 nitrogen and oxygen atoms in total. The van der Waals surface area contributed by atoms with Gasteiger partial charge >= 0.3 is 0 Å². The molecule has 0 saturated carbocycles. The summed E-state index contributed by atoms with van der Waals surface area (Å²) in [6.45, 7) is 8.95. The molecule has 0 fully saturated rings. The van der Waals surface area contributed by atoms with Crippen molar-refractivity contribution in [2.45, 2.75) is 32.6 Å². The molecule has 1 unspecified atom stereocenters. The van der Waals surface area contributed by atoms with Crippen LogP contribution in [0.2, 0.25) is 0 Å². The monoisotopic (exact) mass is 221 g/mol. The number of ether oxygens (including phenoxy) is 1. The van der Waals surface area contributed by atoms with E-state index in [1.165, 1.54) is 5.56 Å². The first kappa shape index (κ1) is 13.0. The molecular weight excluding hydrogens is 200 g/mol. The molecule has 16 heavy (non-hydrogen) atoms. The highest BCUT2D eigenvalue weighted by Crippen LogP contribution is 2.28. The van der Waals surface area contributed by atoms with E-state index in [4.69, 9.17) is 4.74 Å². The highest BCUT2D eigenvalue weighted by atomic mass is 16.5. The summed E-state index contributed by atoms with van der Waals surface area (Å²) in [6, 6.07) is 5.97. The molecule has 89 valence electrons. The van der Waals surface area contributed by atoms with Crippen molar-refractivity contribution in [3.8, 4) is 5.75 Å². The predicted molar refractivity (Wildman–Crippen MR) is 66.8 cm³/mol. The van der Waals surface area contributed by atoms with Gasteiger partial charge in [-0.05, 0) is 37.0 Å². The summed E-state index contributed by atoms with van der Waals surface area (Å²) in [5.41, 5.74) is 2.27. The lowest BCUT2D eigenvalue weighted by Crippen LogP contribution is -2.06. The third-order valence-corrected chi connectivity index (χ3v) is 2.64. The van der Waals surface area contributed by atoms with Crippen molar-refractivity contribution in [3.63, 3.8) is 0 Å². The summed E-state index contributed by atoms with van der Waals surface area (Å²) >= 11 is 0. The van der Waals surface area contributed by atoms with Gasteiger partial charge in [0, 0.05) is 12.5 Å². The molecule has 1 aromatic carbocycles. The van der Waals surface area contributed by atoms with Crippen LogP contribution in [-0.4, -0.2) is 18.3 Å². The molecule has 1 atom stereocenters. The molecule has 1 radical (unpaired) electrons. The normalized spacial score (nSPS) is 12.5. The Morgan fingerprint density at radius 3 is 2.69 bits per heavy atom. The lowest BCUT2D eigenvalue weighted by atomic mass is 9.94. The van der Waals surface area contributed by atoms with Crippen molar-refractivity contribution in [1.82, 2.24) is 0 Å². The average molecular weight is 221 g/mol. The van der Waals surface area contributed by atoms with Crippen LogP contribution in [0.3, 0.4) is 0 Å². The Morgan fingerprint density at radius 2 is 2.12 bits per heavy atom. The number of hydrogen-bond donors (Lipinski definition) is 1. The topological polar surface area (TPSA) is 29.5 Å². The lowest BCUT2D eigenvalue weighted by Gasteiger charge is -2.17. The summed E-state index contributed by atoms with van der Waals surface area (Å²) in [5, 5.41) is 9.17. The van der Waals surface area contributed by atoms with Crippen molar-refractivity contribution >= 4 is 0 Å². The van der Waals surface area contributed by atoms with Crippen LogP contribution < -0.4 is 4.74 Å². The van der Waals surface area contributed by atoms with Gasteiger partial charge in [-0.2, -0.15) is 0 Å². The first-order chi connectivity index (χ1) is 7.74. The second-order valence-corrected chi connectivity index (χ2v) is 3.91. The van der Waals surface area contributed by atoms with Crippen LogP contribution in [0.25, 0.3) is 0 Å². The molecule has 1 aromatic rings. The third kappa shape index (κ3) is 2.99. The summed E-state index contributed by atoms with van der Waals surface area (Å²) in [5.74, 6) is 0.865. The van der Waals surface area contributed by atoms with Crippen LogP contribution in [0.1, 0.15) is 37.3 Å². The number of rotatable bonds is 6. The van der Waals surface area contributed by atoms with Crippen molar-refractivity contribution in [1.29, 1.82) is 0 Å². The molecule has 0 heterocycles. The maximum Gasteiger partial charge on any atom is 0.122 e. The minimum Gasteiger partial charge on any atom is -0.493 e. The van der Waals surface area contributed by atoms with Gasteiger partial charge < -0.3 is 9.84 Å². The van der Waals surface area contributed by atoms with Gasteiger partial charge in [0.15, 0.2) is 0 Å². The summed E-state index contributed by atoms with van der Waals surface area (Å²) in [7, 11) is 0. The smallest absolute Gasteiger partial charge is 0.122 e. The zero-order valence-electron chi connectivity index (χ0n) is 10.2. The standard InChI is InChI=1S/C14H21O2/c1-4-9-16-14-8-6-7-13(11(3)10-15)12(14)5-2/h6-8,11,15H,3-5,9-10H2,1-2H3. The van der Waals surface area contributed by atoms with E-state index in [2.05, 4.69) is 20.8 Å². The molecule has 0 amide bonds. The zero-order valence-corrected chi connectivity index (χ0v) is 10.2. The van der Waals surface area contributed by atoms with E-state index >= 15 is 0 Å². The minimum absolute atomic E-state index is 0.0693. The Morgan fingerprint density at radius 1 is 1.38 bits per heavy atom. The van der Waals surface area contributed by atoms with Gasteiger partial charge in [-0.15, -0.1) is 0 Å². The molecule has 1 N–H and O–H groups in total. The molecule has 0 aliphatic rings. The molecule has 0 bridgehead atoms. The minimum atomic E-state index is -0.0693. The van der Waals surface area contributed by atoms with Crippen LogP contribution in [-0.2, 0) is 6.42 Å². The van der Waals surface area contributed by atoms with E-state index in [0.29, 0.717) is 0 Å². The molecule has 0 aliphatic heterocycles. The Hall–Kier alpha value is -1.02. The second-order valence-electron chi connectivity index (χ2n) is 3.91. The second kappa shape index (κ2) is 6.54. The van der Waals surface area contributed by atoms with E-state index in [1.54, 1.807) is 0 Å². The predicted octanol–water partition coefficient (Wildman–Crippen LogP) is 2.95.